The van der Waals surface area contributed by atoms with E-state index < -0.39 is 0 Å². The summed E-state index contributed by atoms with van der Waals surface area (Å²) in [6, 6.07) is 6.05. The summed E-state index contributed by atoms with van der Waals surface area (Å²) in [5.41, 5.74) is 2.27. The van der Waals surface area contributed by atoms with Crippen molar-refractivity contribution >= 4 is 12.0 Å². The van der Waals surface area contributed by atoms with Crippen LogP contribution in [-0.4, -0.2) is 12.5 Å². The molecule has 0 spiro atoms. The molecule has 0 saturated heterocycles. The minimum atomic E-state index is -0.271. The number of carbonyl (C=O) groups is 1. The van der Waals surface area contributed by atoms with Crippen LogP contribution < -0.4 is 5.32 Å². The molecule has 0 aromatic heterocycles. The Morgan fingerprint density at radius 2 is 2.05 bits per heavy atom. The maximum absolute atomic E-state index is 12.7. The molecule has 20 heavy (non-hydrogen) atoms. The van der Waals surface area contributed by atoms with Gasteiger partial charge in [-0.1, -0.05) is 23.8 Å². The van der Waals surface area contributed by atoms with E-state index in [1.807, 2.05) is 0 Å². The molecule has 0 unspecified atom stereocenters. The summed E-state index contributed by atoms with van der Waals surface area (Å²) in [5, 5.41) is 2.87. The predicted octanol–water partition coefficient (Wildman–Crippen LogP) is 3.85. The zero-order chi connectivity index (χ0) is 14.2. The fourth-order valence-corrected chi connectivity index (χ4v) is 2.28. The highest BCUT2D eigenvalue weighted by molar-refractivity contribution is 5.91. The second kappa shape index (κ2) is 7.63. The molecule has 0 radical (unpaired) electrons. The van der Waals surface area contributed by atoms with Gasteiger partial charge < -0.3 is 5.32 Å². The van der Waals surface area contributed by atoms with Crippen molar-refractivity contribution in [3.63, 3.8) is 0 Å². The first-order valence-corrected chi connectivity index (χ1v) is 7.13. The third-order valence-corrected chi connectivity index (χ3v) is 3.43. The molecule has 1 aliphatic carbocycles. The Balaban J connectivity index is 1.72. The zero-order valence-corrected chi connectivity index (χ0v) is 11.6. The first-order chi connectivity index (χ1) is 9.74. The Hall–Kier alpha value is -1.90. The van der Waals surface area contributed by atoms with E-state index in [2.05, 4.69) is 11.4 Å². The van der Waals surface area contributed by atoms with Gasteiger partial charge in [-0.2, -0.15) is 0 Å². The minimum Gasteiger partial charge on any atom is -0.352 e. The van der Waals surface area contributed by atoms with E-state index in [1.54, 1.807) is 18.2 Å². The van der Waals surface area contributed by atoms with Gasteiger partial charge in [0.15, 0.2) is 0 Å². The Morgan fingerprint density at radius 1 is 1.25 bits per heavy atom. The SMILES string of the molecule is O=C(/C=C/c1ccc(F)cc1)NCCC1=CCCCC1. The average molecular weight is 273 g/mol. The van der Waals surface area contributed by atoms with E-state index >= 15 is 0 Å². The summed E-state index contributed by atoms with van der Waals surface area (Å²) in [5.74, 6) is -0.377. The van der Waals surface area contributed by atoms with Gasteiger partial charge in [-0.05, 0) is 55.9 Å². The van der Waals surface area contributed by atoms with Gasteiger partial charge in [-0.25, -0.2) is 4.39 Å². The molecule has 1 aromatic carbocycles. The topological polar surface area (TPSA) is 29.1 Å². The number of halogens is 1. The van der Waals surface area contributed by atoms with E-state index in [1.165, 1.54) is 49.5 Å². The van der Waals surface area contributed by atoms with Gasteiger partial charge >= 0.3 is 0 Å². The number of amides is 1. The van der Waals surface area contributed by atoms with Crippen LogP contribution in [0.25, 0.3) is 6.08 Å². The Bertz CT molecular complexity index is 502. The first kappa shape index (κ1) is 14.5. The normalized spacial score (nSPS) is 15.2. The molecular formula is C17H20FNO. The summed E-state index contributed by atoms with van der Waals surface area (Å²) in [6.07, 6.45) is 11.3. The lowest BCUT2D eigenvalue weighted by molar-refractivity contribution is -0.116. The van der Waals surface area contributed by atoms with E-state index in [9.17, 15) is 9.18 Å². The minimum absolute atomic E-state index is 0.106. The Morgan fingerprint density at radius 3 is 2.75 bits per heavy atom. The van der Waals surface area contributed by atoms with Gasteiger partial charge in [-0.15, -0.1) is 0 Å². The standard InChI is InChI=1S/C17H20FNO/c18-16-9-6-15(7-10-16)8-11-17(20)19-13-12-14-4-2-1-3-5-14/h4,6-11H,1-3,5,12-13H2,(H,19,20)/b11-8+. The molecule has 2 rings (SSSR count). The lowest BCUT2D eigenvalue weighted by Crippen LogP contribution is -2.22. The van der Waals surface area contributed by atoms with Crippen LogP contribution in [0.1, 0.15) is 37.7 Å². The van der Waals surface area contributed by atoms with Gasteiger partial charge in [0.05, 0.1) is 0 Å². The van der Waals surface area contributed by atoms with Crippen LogP contribution in [0.4, 0.5) is 4.39 Å². The molecule has 0 fully saturated rings. The zero-order valence-electron chi connectivity index (χ0n) is 11.6. The van der Waals surface area contributed by atoms with Crippen LogP contribution in [0.5, 0.6) is 0 Å². The van der Waals surface area contributed by atoms with Crippen LogP contribution in [0.15, 0.2) is 42.0 Å². The molecule has 1 aromatic rings. The summed E-state index contributed by atoms with van der Waals surface area (Å²) >= 11 is 0. The maximum Gasteiger partial charge on any atom is 0.244 e. The molecule has 2 nitrogen and oxygen atoms in total. The second-order valence-corrected chi connectivity index (χ2v) is 5.03. The number of carbonyl (C=O) groups excluding carboxylic acids is 1. The first-order valence-electron chi connectivity index (χ1n) is 7.13. The van der Waals surface area contributed by atoms with Crippen molar-refractivity contribution in [3.8, 4) is 0 Å². The molecule has 1 aliphatic rings. The van der Waals surface area contributed by atoms with Crippen molar-refractivity contribution in [1.29, 1.82) is 0 Å². The fraction of sp³-hybridized carbons (Fsp3) is 0.353. The van der Waals surface area contributed by atoms with E-state index in [4.69, 9.17) is 0 Å². The molecule has 0 saturated carbocycles. The van der Waals surface area contributed by atoms with Crippen molar-refractivity contribution < 1.29 is 9.18 Å². The molecular weight excluding hydrogens is 253 g/mol. The summed E-state index contributed by atoms with van der Waals surface area (Å²) in [7, 11) is 0. The van der Waals surface area contributed by atoms with Gasteiger partial charge in [0.25, 0.3) is 0 Å². The van der Waals surface area contributed by atoms with Crippen LogP contribution >= 0.6 is 0 Å². The quantitative estimate of drug-likeness (QED) is 0.641. The number of rotatable bonds is 5. The number of hydrogen-bond donors (Lipinski definition) is 1. The van der Waals surface area contributed by atoms with Gasteiger partial charge in [0.2, 0.25) is 5.91 Å². The third-order valence-electron chi connectivity index (χ3n) is 3.43. The van der Waals surface area contributed by atoms with Gasteiger partial charge in [0.1, 0.15) is 5.82 Å². The fourth-order valence-electron chi connectivity index (χ4n) is 2.28. The smallest absolute Gasteiger partial charge is 0.244 e. The summed E-state index contributed by atoms with van der Waals surface area (Å²) in [4.78, 5) is 11.6. The summed E-state index contributed by atoms with van der Waals surface area (Å²) in [6.45, 7) is 0.679. The van der Waals surface area contributed by atoms with Crippen LogP contribution in [0.3, 0.4) is 0 Å². The van der Waals surface area contributed by atoms with Crippen LogP contribution in [0, 0.1) is 5.82 Å². The molecule has 0 atom stereocenters. The lowest BCUT2D eigenvalue weighted by Gasteiger charge is -2.12. The van der Waals surface area contributed by atoms with Gasteiger partial charge in [-0.3, -0.25) is 4.79 Å². The number of nitrogens with one attached hydrogen (secondary N) is 1. The molecule has 1 amide bonds. The van der Waals surface area contributed by atoms with Crippen molar-refractivity contribution in [3.05, 3.63) is 53.4 Å². The van der Waals surface area contributed by atoms with Crippen molar-refractivity contribution in [2.24, 2.45) is 0 Å². The summed E-state index contributed by atoms with van der Waals surface area (Å²) < 4.78 is 12.7. The van der Waals surface area contributed by atoms with Crippen LogP contribution in [-0.2, 0) is 4.79 Å². The van der Waals surface area contributed by atoms with Crippen molar-refractivity contribution in [1.82, 2.24) is 5.32 Å². The largest absolute Gasteiger partial charge is 0.352 e. The average Bonchev–Trinajstić information content (AvgIpc) is 2.48. The highest BCUT2D eigenvalue weighted by Crippen LogP contribution is 2.19. The molecule has 3 heteroatoms. The lowest BCUT2D eigenvalue weighted by atomic mass is 9.97. The Kier molecular flexibility index (Phi) is 5.54. The molecule has 0 aliphatic heterocycles. The van der Waals surface area contributed by atoms with Crippen molar-refractivity contribution in [2.75, 3.05) is 6.54 Å². The van der Waals surface area contributed by atoms with E-state index in [-0.39, 0.29) is 11.7 Å². The molecule has 0 bridgehead atoms. The van der Waals surface area contributed by atoms with E-state index in [0.29, 0.717) is 6.54 Å². The predicted molar refractivity (Wildman–Crippen MR) is 79.6 cm³/mol. The molecule has 0 heterocycles. The molecule has 106 valence electrons. The van der Waals surface area contributed by atoms with Crippen molar-refractivity contribution in [2.45, 2.75) is 32.1 Å². The Labute approximate surface area is 119 Å². The molecule has 1 N–H and O–H groups in total. The maximum atomic E-state index is 12.7. The van der Waals surface area contributed by atoms with Gasteiger partial charge in [0, 0.05) is 12.6 Å². The van der Waals surface area contributed by atoms with E-state index in [0.717, 1.165) is 12.0 Å². The highest BCUT2D eigenvalue weighted by Gasteiger charge is 2.03. The monoisotopic (exact) mass is 273 g/mol. The number of hydrogen-bond acceptors (Lipinski definition) is 1. The number of allylic oxidation sites excluding steroid dienone is 1. The third kappa shape index (κ3) is 5.00. The number of benzene rings is 1. The van der Waals surface area contributed by atoms with Crippen LogP contribution in [0.2, 0.25) is 0 Å². The highest BCUT2D eigenvalue weighted by atomic mass is 19.1. The second-order valence-electron chi connectivity index (χ2n) is 5.03.